The Morgan fingerprint density at radius 1 is 1.17 bits per heavy atom. The molecule has 3 heterocycles. The average Bonchev–Trinajstić information content (AvgIpc) is 3.23. The fourth-order valence-corrected chi connectivity index (χ4v) is 3.62. The number of nitrogens with one attached hydrogen (secondary N) is 1. The molecule has 0 aliphatic carbocycles. The minimum atomic E-state index is -0.185. The second kappa shape index (κ2) is 9.25. The van der Waals surface area contributed by atoms with Crippen LogP contribution in [0, 0.1) is 0 Å². The van der Waals surface area contributed by atoms with Crippen molar-refractivity contribution >= 4 is 40.6 Å². The highest BCUT2D eigenvalue weighted by Gasteiger charge is 2.17. The summed E-state index contributed by atoms with van der Waals surface area (Å²) in [7, 11) is 0. The van der Waals surface area contributed by atoms with E-state index in [1.807, 2.05) is 12.1 Å². The van der Waals surface area contributed by atoms with Crippen LogP contribution in [0.1, 0.15) is 0 Å². The van der Waals surface area contributed by atoms with Crippen molar-refractivity contribution in [3.63, 3.8) is 0 Å². The maximum absolute atomic E-state index is 12.5. The lowest BCUT2D eigenvalue weighted by atomic mass is 10.2. The van der Waals surface area contributed by atoms with E-state index in [1.165, 1.54) is 11.8 Å². The number of aromatic nitrogens is 3. The highest BCUT2D eigenvalue weighted by atomic mass is 35.5. The van der Waals surface area contributed by atoms with E-state index in [0.29, 0.717) is 35.0 Å². The number of morpholine rings is 1. The zero-order valence-electron chi connectivity index (χ0n) is 15.4. The molecule has 0 saturated carbocycles. The van der Waals surface area contributed by atoms with Crippen molar-refractivity contribution in [3.05, 3.63) is 47.7 Å². The summed E-state index contributed by atoms with van der Waals surface area (Å²) in [6.45, 7) is 2.84. The van der Waals surface area contributed by atoms with E-state index >= 15 is 0 Å². The van der Waals surface area contributed by atoms with Crippen LogP contribution in [0.25, 0.3) is 11.5 Å². The molecule has 1 aliphatic heterocycles. The molecule has 150 valence electrons. The van der Waals surface area contributed by atoms with Gasteiger partial charge in [0, 0.05) is 36.1 Å². The Bertz CT molecular complexity index is 979. The number of amides is 1. The van der Waals surface area contributed by atoms with E-state index in [-0.39, 0.29) is 11.7 Å². The third-order valence-electron chi connectivity index (χ3n) is 4.24. The highest BCUT2D eigenvalue weighted by molar-refractivity contribution is 7.99. The predicted molar refractivity (Wildman–Crippen MR) is 111 cm³/mol. The Balaban J connectivity index is 1.39. The summed E-state index contributed by atoms with van der Waals surface area (Å²) in [4.78, 5) is 18.6. The van der Waals surface area contributed by atoms with E-state index in [1.54, 1.807) is 30.6 Å². The molecule has 1 amide bonds. The summed E-state index contributed by atoms with van der Waals surface area (Å²) in [6.07, 6.45) is 3.30. The van der Waals surface area contributed by atoms with E-state index < -0.39 is 0 Å². The van der Waals surface area contributed by atoms with Crippen LogP contribution in [0.2, 0.25) is 5.02 Å². The van der Waals surface area contributed by atoms with Crippen LogP contribution in [0.3, 0.4) is 0 Å². The van der Waals surface area contributed by atoms with Crippen molar-refractivity contribution in [3.8, 4) is 11.5 Å². The molecule has 10 heteroatoms. The van der Waals surface area contributed by atoms with Crippen molar-refractivity contribution in [2.45, 2.75) is 5.22 Å². The van der Waals surface area contributed by atoms with Crippen LogP contribution in [-0.4, -0.2) is 53.1 Å². The standard InChI is InChI=1S/C19H18ClN5O3S/c20-14-1-2-16(25-7-9-27-10-8-25)15(11-14)22-17(26)12-29-19-24-23-18(28-19)13-3-5-21-6-4-13/h1-6,11H,7-10,12H2,(H,22,26). The van der Waals surface area contributed by atoms with Crippen LogP contribution in [0.5, 0.6) is 0 Å². The first-order chi connectivity index (χ1) is 14.2. The third-order valence-corrected chi connectivity index (χ3v) is 5.30. The number of anilines is 2. The molecule has 1 fully saturated rings. The van der Waals surface area contributed by atoms with Crippen molar-refractivity contribution in [2.24, 2.45) is 0 Å². The molecule has 0 unspecified atom stereocenters. The van der Waals surface area contributed by atoms with Gasteiger partial charge in [-0.2, -0.15) is 0 Å². The van der Waals surface area contributed by atoms with Gasteiger partial charge in [-0.3, -0.25) is 9.78 Å². The molecular weight excluding hydrogens is 414 g/mol. The van der Waals surface area contributed by atoms with Gasteiger partial charge in [-0.15, -0.1) is 10.2 Å². The number of benzene rings is 1. The summed E-state index contributed by atoms with van der Waals surface area (Å²) < 4.78 is 11.0. The number of carbonyl (C=O) groups excluding carboxylic acids is 1. The molecule has 0 radical (unpaired) electrons. The van der Waals surface area contributed by atoms with Gasteiger partial charge in [-0.05, 0) is 30.3 Å². The Morgan fingerprint density at radius 2 is 1.97 bits per heavy atom. The predicted octanol–water partition coefficient (Wildman–Crippen LogP) is 3.35. The van der Waals surface area contributed by atoms with Crippen LogP contribution >= 0.6 is 23.4 Å². The summed E-state index contributed by atoms with van der Waals surface area (Å²) in [5.74, 6) is 0.336. The zero-order chi connectivity index (χ0) is 20.1. The van der Waals surface area contributed by atoms with Crippen molar-refractivity contribution in [1.82, 2.24) is 15.2 Å². The lowest BCUT2D eigenvalue weighted by molar-refractivity contribution is -0.113. The maximum Gasteiger partial charge on any atom is 0.277 e. The van der Waals surface area contributed by atoms with Crippen LogP contribution < -0.4 is 10.2 Å². The molecular formula is C19H18ClN5O3S. The minimum Gasteiger partial charge on any atom is -0.411 e. The first-order valence-corrected chi connectivity index (χ1v) is 10.3. The largest absolute Gasteiger partial charge is 0.411 e. The number of nitrogens with zero attached hydrogens (tertiary/aromatic N) is 4. The number of halogens is 1. The molecule has 3 aromatic rings. The molecule has 0 atom stereocenters. The fraction of sp³-hybridized carbons (Fsp3) is 0.263. The highest BCUT2D eigenvalue weighted by Crippen LogP contribution is 2.30. The van der Waals surface area contributed by atoms with Crippen LogP contribution in [0.15, 0.2) is 52.4 Å². The molecule has 8 nitrogen and oxygen atoms in total. The Hall–Kier alpha value is -2.62. The molecule has 29 heavy (non-hydrogen) atoms. The lowest BCUT2D eigenvalue weighted by Crippen LogP contribution is -2.36. The van der Waals surface area contributed by atoms with E-state index in [9.17, 15) is 4.79 Å². The number of carbonyl (C=O) groups is 1. The smallest absolute Gasteiger partial charge is 0.277 e. The summed E-state index contributed by atoms with van der Waals surface area (Å²) in [5.41, 5.74) is 2.37. The fourth-order valence-electron chi connectivity index (χ4n) is 2.88. The summed E-state index contributed by atoms with van der Waals surface area (Å²) in [6, 6.07) is 9.04. The molecule has 1 aromatic carbocycles. The van der Waals surface area contributed by atoms with Gasteiger partial charge in [0.05, 0.1) is 30.3 Å². The van der Waals surface area contributed by atoms with E-state index in [4.69, 9.17) is 20.8 Å². The second-order valence-electron chi connectivity index (χ2n) is 6.21. The molecule has 1 saturated heterocycles. The quantitative estimate of drug-likeness (QED) is 0.594. The number of rotatable bonds is 6. The molecule has 1 N–H and O–H groups in total. The van der Waals surface area contributed by atoms with Gasteiger partial charge >= 0.3 is 0 Å². The summed E-state index contributed by atoms with van der Waals surface area (Å²) >= 11 is 7.31. The number of pyridine rings is 1. The zero-order valence-corrected chi connectivity index (χ0v) is 16.9. The summed E-state index contributed by atoms with van der Waals surface area (Å²) in [5, 5.41) is 11.8. The Morgan fingerprint density at radius 3 is 2.76 bits per heavy atom. The second-order valence-corrected chi connectivity index (χ2v) is 7.57. The van der Waals surface area contributed by atoms with Crippen molar-refractivity contribution < 1.29 is 13.9 Å². The topological polar surface area (TPSA) is 93.4 Å². The maximum atomic E-state index is 12.5. The van der Waals surface area contributed by atoms with Crippen molar-refractivity contribution in [1.29, 1.82) is 0 Å². The molecule has 0 bridgehead atoms. The number of thioether (sulfide) groups is 1. The van der Waals surface area contributed by atoms with Gasteiger partial charge < -0.3 is 19.4 Å². The first-order valence-electron chi connectivity index (χ1n) is 8.98. The molecule has 4 rings (SSSR count). The normalized spacial score (nSPS) is 14.0. The van der Waals surface area contributed by atoms with Gasteiger partial charge in [-0.1, -0.05) is 23.4 Å². The Kier molecular flexibility index (Phi) is 6.28. The first kappa shape index (κ1) is 19.7. The molecule has 0 spiro atoms. The van der Waals surface area contributed by atoms with Gasteiger partial charge in [0.2, 0.25) is 11.8 Å². The van der Waals surface area contributed by atoms with Crippen molar-refractivity contribution in [2.75, 3.05) is 42.3 Å². The van der Waals surface area contributed by atoms with Gasteiger partial charge in [0.1, 0.15) is 0 Å². The number of hydrogen-bond donors (Lipinski definition) is 1. The number of ether oxygens (including phenoxy) is 1. The third kappa shape index (κ3) is 5.06. The van der Waals surface area contributed by atoms with E-state index in [2.05, 4.69) is 25.4 Å². The molecule has 2 aromatic heterocycles. The van der Waals surface area contributed by atoms with Gasteiger partial charge in [-0.25, -0.2) is 0 Å². The average molecular weight is 432 g/mol. The lowest BCUT2D eigenvalue weighted by Gasteiger charge is -2.30. The van der Waals surface area contributed by atoms with Gasteiger partial charge in [0.15, 0.2) is 0 Å². The molecule has 1 aliphatic rings. The number of hydrogen-bond acceptors (Lipinski definition) is 8. The minimum absolute atomic E-state index is 0.132. The van der Waals surface area contributed by atoms with Crippen LogP contribution in [-0.2, 0) is 9.53 Å². The van der Waals surface area contributed by atoms with Crippen LogP contribution in [0.4, 0.5) is 11.4 Å². The van der Waals surface area contributed by atoms with Gasteiger partial charge in [0.25, 0.3) is 5.22 Å². The SMILES string of the molecule is O=C(CSc1nnc(-c2ccncc2)o1)Nc1cc(Cl)ccc1N1CCOCC1. The Labute approximate surface area is 176 Å². The monoisotopic (exact) mass is 431 g/mol. The van der Waals surface area contributed by atoms with E-state index in [0.717, 1.165) is 24.3 Å².